The van der Waals surface area contributed by atoms with Gasteiger partial charge in [-0.1, -0.05) is 15.9 Å². The fraction of sp³-hybridized carbons (Fsp3) is 0.706. The first kappa shape index (κ1) is 15.4. The number of carbonyl (C=O) groups is 1. The molecule has 2 unspecified atom stereocenters. The fourth-order valence-corrected chi connectivity index (χ4v) is 6.80. The molecule has 23 heavy (non-hydrogen) atoms. The number of aromatic nitrogens is 2. The van der Waals surface area contributed by atoms with Crippen LogP contribution in [0.25, 0.3) is 0 Å². The molecule has 1 amide bonds. The molecule has 1 aromatic rings. The number of halogens is 1. The SMILES string of the molecule is O=C(NCCNc1ncccn1)C12CC3CC(CC(Br)(C3)C1)C2. The number of carbonyl (C=O) groups excluding carboxylic acids is 1. The van der Waals surface area contributed by atoms with Crippen molar-refractivity contribution in [2.24, 2.45) is 17.3 Å². The molecule has 0 spiro atoms. The van der Waals surface area contributed by atoms with Crippen molar-refractivity contribution >= 4 is 27.8 Å². The molecule has 1 heterocycles. The van der Waals surface area contributed by atoms with Crippen LogP contribution < -0.4 is 10.6 Å². The van der Waals surface area contributed by atoms with Gasteiger partial charge in [0.05, 0.1) is 5.41 Å². The average Bonchev–Trinajstić information content (AvgIpc) is 2.50. The van der Waals surface area contributed by atoms with Gasteiger partial charge in [-0.15, -0.1) is 0 Å². The molecule has 124 valence electrons. The number of hydrogen-bond acceptors (Lipinski definition) is 4. The van der Waals surface area contributed by atoms with E-state index in [0.717, 1.165) is 31.1 Å². The Balaban J connectivity index is 1.32. The zero-order chi connectivity index (χ0) is 15.9. The molecule has 0 saturated heterocycles. The minimum atomic E-state index is -0.128. The maximum Gasteiger partial charge on any atom is 0.226 e. The molecular formula is C17H23BrN4O. The van der Waals surface area contributed by atoms with Crippen molar-refractivity contribution in [3.8, 4) is 0 Å². The predicted octanol–water partition coefficient (Wildman–Crippen LogP) is 2.74. The highest BCUT2D eigenvalue weighted by atomic mass is 79.9. The van der Waals surface area contributed by atoms with Gasteiger partial charge in [-0.25, -0.2) is 9.97 Å². The summed E-state index contributed by atoms with van der Waals surface area (Å²) in [5, 5.41) is 6.28. The lowest BCUT2D eigenvalue weighted by molar-refractivity contribution is -0.143. The summed E-state index contributed by atoms with van der Waals surface area (Å²) in [6, 6.07) is 1.79. The largest absolute Gasteiger partial charge is 0.354 e. The van der Waals surface area contributed by atoms with E-state index in [1.807, 2.05) is 0 Å². The first-order chi connectivity index (χ1) is 11.1. The van der Waals surface area contributed by atoms with Gasteiger partial charge in [0.2, 0.25) is 11.9 Å². The molecule has 4 bridgehead atoms. The molecule has 4 fully saturated rings. The van der Waals surface area contributed by atoms with Gasteiger partial charge in [-0.2, -0.15) is 0 Å². The molecule has 2 N–H and O–H groups in total. The van der Waals surface area contributed by atoms with Crippen LogP contribution in [0.2, 0.25) is 0 Å². The Morgan fingerprint density at radius 2 is 1.87 bits per heavy atom. The third kappa shape index (κ3) is 2.97. The predicted molar refractivity (Wildman–Crippen MR) is 92.3 cm³/mol. The number of amides is 1. The Bertz CT molecular complexity index is 580. The first-order valence-corrected chi connectivity index (χ1v) is 9.34. The second kappa shape index (κ2) is 5.72. The summed E-state index contributed by atoms with van der Waals surface area (Å²) < 4.78 is 0.227. The van der Waals surface area contributed by atoms with E-state index in [9.17, 15) is 4.79 Å². The molecule has 0 radical (unpaired) electrons. The van der Waals surface area contributed by atoms with Crippen molar-refractivity contribution in [1.29, 1.82) is 0 Å². The zero-order valence-electron chi connectivity index (χ0n) is 13.2. The summed E-state index contributed by atoms with van der Waals surface area (Å²) in [6.45, 7) is 1.27. The summed E-state index contributed by atoms with van der Waals surface area (Å²) in [4.78, 5) is 21.1. The minimum Gasteiger partial charge on any atom is -0.354 e. The summed E-state index contributed by atoms with van der Waals surface area (Å²) in [5.74, 6) is 2.33. The fourth-order valence-electron chi connectivity index (χ4n) is 5.34. The van der Waals surface area contributed by atoms with Crippen molar-refractivity contribution in [2.45, 2.75) is 42.8 Å². The van der Waals surface area contributed by atoms with Crippen LogP contribution in [0.1, 0.15) is 38.5 Å². The molecule has 5 rings (SSSR count). The van der Waals surface area contributed by atoms with E-state index < -0.39 is 0 Å². The van der Waals surface area contributed by atoms with Gasteiger partial charge in [0, 0.05) is 29.8 Å². The Morgan fingerprint density at radius 3 is 2.52 bits per heavy atom. The van der Waals surface area contributed by atoms with E-state index in [1.54, 1.807) is 18.5 Å². The monoisotopic (exact) mass is 378 g/mol. The Labute approximate surface area is 145 Å². The maximum absolute atomic E-state index is 12.9. The van der Waals surface area contributed by atoms with Gasteiger partial charge in [0.15, 0.2) is 0 Å². The first-order valence-electron chi connectivity index (χ1n) is 8.55. The van der Waals surface area contributed by atoms with E-state index in [4.69, 9.17) is 0 Å². The van der Waals surface area contributed by atoms with Crippen molar-refractivity contribution in [3.63, 3.8) is 0 Å². The standard InChI is InChI=1S/C17H23BrN4O/c18-17-9-12-6-13(10-17)8-16(7-12,11-17)14(23)19-4-5-22-15-20-2-1-3-21-15/h1-3,12-13H,4-11H2,(H,19,23)(H,20,21,22). The minimum absolute atomic E-state index is 0.128. The second-order valence-corrected chi connectivity index (χ2v) is 9.33. The lowest BCUT2D eigenvalue weighted by atomic mass is 9.49. The lowest BCUT2D eigenvalue weighted by Crippen LogP contribution is -2.58. The molecule has 4 aliphatic carbocycles. The van der Waals surface area contributed by atoms with Crippen molar-refractivity contribution < 1.29 is 4.79 Å². The third-order valence-electron chi connectivity index (χ3n) is 5.73. The van der Waals surface area contributed by atoms with Crippen LogP contribution in [0.3, 0.4) is 0 Å². The van der Waals surface area contributed by atoms with Gasteiger partial charge >= 0.3 is 0 Å². The molecule has 2 atom stereocenters. The van der Waals surface area contributed by atoms with Crippen LogP contribution in [0.5, 0.6) is 0 Å². The number of alkyl halides is 1. The van der Waals surface area contributed by atoms with Gasteiger partial charge in [0.25, 0.3) is 0 Å². The highest BCUT2D eigenvalue weighted by molar-refractivity contribution is 9.10. The zero-order valence-corrected chi connectivity index (χ0v) is 14.8. The number of anilines is 1. The van der Waals surface area contributed by atoms with Crippen LogP contribution >= 0.6 is 15.9 Å². The molecule has 0 aromatic carbocycles. The van der Waals surface area contributed by atoms with Crippen LogP contribution in [-0.2, 0) is 4.79 Å². The summed E-state index contributed by atoms with van der Waals surface area (Å²) >= 11 is 3.96. The van der Waals surface area contributed by atoms with E-state index in [2.05, 4.69) is 36.5 Å². The number of nitrogens with zero attached hydrogens (tertiary/aromatic N) is 2. The highest BCUT2D eigenvalue weighted by Crippen LogP contribution is 2.64. The molecule has 1 aromatic heterocycles. The Morgan fingerprint density at radius 1 is 1.17 bits per heavy atom. The van der Waals surface area contributed by atoms with Gasteiger partial charge < -0.3 is 10.6 Å². The smallest absolute Gasteiger partial charge is 0.226 e. The molecule has 4 aliphatic rings. The summed E-state index contributed by atoms with van der Waals surface area (Å²) in [6.07, 6.45) is 10.4. The van der Waals surface area contributed by atoms with Gasteiger partial charge in [-0.05, 0) is 56.4 Å². The van der Waals surface area contributed by atoms with E-state index in [-0.39, 0.29) is 15.6 Å². The van der Waals surface area contributed by atoms with Gasteiger partial charge in [0.1, 0.15) is 0 Å². The Kier molecular flexibility index (Phi) is 3.82. The van der Waals surface area contributed by atoms with E-state index >= 15 is 0 Å². The topological polar surface area (TPSA) is 66.9 Å². The molecule has 6 heteroatoms. The average molecular weight is 379 g/mol. The molecular weight excluding hydrogens is 356 g/mol. The number of rotatable bonds is 5. The molecule has 4 saturated carbocycles. The third-order valence-corrected chi connectivity index (χ3v) is 6.66. The van der Waals surface area contributed by atoms with Crippen LogP contribution in [0, 0.1) is 17.3 Å². The lowest BCUT2D eigenvalue weighted by Gasteiger charge is -2.59. The second-order valence-electron chi connectivity index (χ2n) is 7.65. The van der Waals surface area contributed by atoms with Crippen molar-refractivity contribution in [3.05, 3.63) is 18.5 Å². The highest BCUT2D eigenvalue weighted by Gasteiger charge is 2.59. The van der Waals surface area contributed by atoms with Crippen LogP contribution in [-0.4, -0.2) is 33.3 Å². The van der Waals surface area contributed by atoms with E-state index in [0.29, 0.717) is 19.0 Å². The normalized spacial score (nSPS) is 37.6. The molecule has 5 nitrogen and oxygen atoms in total. The number of nitrogens with one attached hydrogen (secondary N) is 2. The summed E-state index contributed by atoms with van der Waals surface area (Å²) in [5.41, 5.74) is -0.128. The van der Waals surface area contributed by atoms with Crippen molar-refractivity contribution in [1.82, 2.24) is 15.3 Å². The van der Waals surface area contributed by atoms with Crippen LogP contribution in [0.15, 0.2) is 18.5 Å². The summed E-state index contributed by atoms with van der Waals surface area (Å²) in [7, 11) is 0. The van der Waals surface area contributed by atoms with Crippen LogP contribution in [0.4, 0.5) is 5.95 Å². The number of hydrogen-bond donors (Lipinski definition) is 2. The quantitative estimate of drug-likeness (QED) is 0.610. The maximum atomic E-state index is 12.9. The van der Waals surface area contributed by atoms with Crippen molar-refractivity contribution in [2.75, 3.05) is 18.4 Å². The van der Waals surface area contributed by atoms with E-state index in [1.165, 1.54) is 19.3 Å². The Hall–Kier alpha value is -1.17. The molecule has 0 aliphatic heterocycles. The van der Waals surface area contributed by atoms with Gasteiger partial charge in [-0.3, -0.25) is 4.79 Å².